The molecule has 0 bridgehead atoms. The van der Waals surface area contributed by atoms with Crippen molar-refractivity contribution in [3.63, 3.8) is 0 Å². The molecule has 0 spiro atoms. The van der Waals surface area contributed by atoms with Crippen molar-refractivity contribution in [3.8, 4) is 0 Å². The molecule has 0 saturated carbocycles. The summed E-state index contributed by atoms with van der Waals surface area (Å²) >= 11 is 0. The lowest BCUT2D eigenvalue weighted by Gasteiger charge is -2.08. The van der Waals surface area contributed by atoms with Crippen LogP contribution in [0.25, 0.3) is 0 Å². The van der Waals surface area contributed by atoms with Gasteiger partial charge in [-0.3, -0.25) is 0 Å². The third-order valence-electron chi connectivity index (χ3n) is 1.05. The third kappa shape index (κ3) is 2.94. The quantitative estimate of drug-likeness (QED) is 0.480. The fourth-order valence-corrected chi connectivity index (χ4v) is 0.568. The second kappa shape index (κ2) is 4.13. The maximum Gasteiger partial charge on any atom is 0.423 e. The van der Waals surface area contributed by atoms with Crippen molar-refractivity contribution in [3.05, 3.63) is 18.6 Å². The van der Waals surface area contributed by atoms with Gasteiger partial charge in [0.25, 0.3) is 0 Å². The number of carbonyl (C=O) groups is 1. The van der Waals surface area contributed by atoms with Crippen LogP contribution >= 0.6 is 0 Å². The van der Waals surface area contributed by atoms with E-state index in [0.717, 1.165) is 6.92 Å². The van der Waals surface area contributed by atoms with Crippen LogP contribution in [-0.2, 0) is 9.53 Å². The number of alkyl halides is 3. The van der Waals surface area contributed by atoms with Gasteiger partial charge in [0, 0.05) is 0 Å². The van der Waals surface area contributed by atoms with Crippen LogP contribution in [0.5, 0.6) is 0 Å². The normalized spacial score (nSPS) is 12.9. The van der Waals surface area contributed by atoms with E-state index in [2.05, 4.69) is 11.7 Å². The summed E-state index contributed by atoms with van der Waals surface area (Å²) in [4.78, 5) is 10.6. The molecule has 0 unspecified atom stereocenters. The maximum absolute atomic E-state index is 11.9. The Hall–Kier alpha value is -1.00. The van der Waals surface area contributed by atoms with Crippen LogP contribution in [0.3, 0.4) is 0 Å². The lowest BCUT2D eigenvalue weighted by atomic mass is 10.2. The molecular weight excluding hydrogens is 173 g/mol. The van der Waals surface area contributed by atoms with E-state index in [0.29, 0.717) is 6.08 Å². The lowest BCUT2D eigenvalue weighted by molar-refractivity contribution is -0.149. The van der Waals surface area contributed by atoms with E-state index in [9.17, 15) is 18.0 Å². The molecular formula is C7H8F3O2. The first-order valence-corrected chi connectivity index (χ1v) is 3.13. The standard InChI is InChI=1S/C7H8F3O2/c1-3-5(7(8,9)10)6(11)12-4-2/h3H,2,4H2,1H3. The van der Waals surface area contributed by atoms with E-state index in [4.69, 9.17) is 0 Å². The van der Waals surface area contributed by atoms with Gasteiger partial charge in [0.1, 0.15) is 5.57 Å². The van der Waals surface area contributed by atoms with Crippen LogP contribution in [-0.4, -0.2) is 18.8 Å². The molecule has 5 heteroatoms. The number of rotatable bonds is 2. The van der Waals surface area contributed by atoms with Gasteiger partial charge >= 0.3 is 12.1 Å². The Morgan fingerprint density at radius 3 is 2.33 bits per heavy atom. The average Bonchev–Trinajstić information content (AvgIpc) is 1.85. The Labute approximate surface area is 68.0 Å². The van der Waals surface area contributed by atoms with E-state index in [1.807, 2.05) is 0 Å². The minimum Gasteiger partial charge on any atom is -0.462 e. The number of carbonyl (C=O) groups excluding carboxylic acids is 1. The first-order chi connectivity index (χ1) is 5.43. The first-order valence-electron chi connectivity index (χ1n) is 3.13. The van der Waals surface area contributed by atoms with Crippen molar-refractivity contribution in [2.75, 3.05) is 6.61 Å². The molecule has 0 heterocycles. The van der Waals surface area contributed by atoms with Gasteiger partial charge in [0.2, 0.25) is 0 Å². The van der Waals surface area contributed by atoms with Crippen molar-refractivity contribution < 1.29 is 22.7 Å². The summed E-state index contributed by atoms with van der Waals surface area (Å²) in [6.45, 7) is 3.89. The van der Waals surface area contributed by atoms with Gasteiger partial charge < -0.3 is 4.74 Å². The minimum atomic E-state index is -4.65. The molecule has 69 valence electrons. The molecule has 0 aliphatic heterocycles. The molecule has 0 saturated heterocycles. The number of hydrogen-bond donors (Lipinski definition) is 0. The van der Waals surface area contributed by atoms with Crippen LogP contribution in [0.2, 0.25) is 0 Å². The van der Waals surface area contributed by atoms with Crippen LogP contribution in [0.1, 0.15) is 6.92 Å². The minimum absolute atomic E-state index is 0.313. The number of allylic oxidation sites excluding steroid dienone is 1. The smallest absolute Gasteiger partial charge is 0.423 e. The van der Waals surface area contributed by atoms with E-state index in [-0.39, 0.29) is 6.61 Å². The fraction of sp³-hybridized carbons (Fsp3) is 0.429. The topological polar surface area (TPSA) is 26.3 Å². The van der Waals surface area contributed by atoms with E-state index in [1.165, 1.54) is 0 Å². The van der Waals surface area contributed by atoms with Crippen LogP contribution in [0.15, 0.2) is 11.6 Å². The predicted molar refractivity (Wildman–Crippen MR) is 36.1 cm³/mol. The Morgan fingerprint density at radius 2 is 2.08 bits per heavy atom. The van der Waals surface area contributed by atoms with E-state index >= 15 is 0 Å². The fourth-order valence-electron chi connectivity index (χ4n) is 0.568. The van der Waals surface area contributed by atoms with Gasteiger partial charge in [-0.15, -0.1) is 0 Å². The Morgan fingerprint density at radius 1 is 1.58 bits per heavy atom. The van der Waals surface area contributed by atoms with Crippen molar-refractivity contribution in [2.24, 2.45) is 0 Å². The highest BCUT2D eigenvalue weighted by Gasteiger charge is 2.38. The molecule has 0 aliphatic carbocycles. The maximum atomic E-state index is 11.9. The van der Waals surface area contributed by atoms with Gasteiger partial charge in [-0.1, -0.05) is 6.08 Å². The van der Waals surface area contributed by atoms with Crippen molar-refractivity contribution in [1.29, 1.82) is 0 Å². The average molecular weight is 181 g/mol. The second-order valence-corrected chi connectivity index (χ2v) is 1.84. The van der Waals surface area contributed by atoms with Crippen LogP contribution < -0.4 is 0 Å². The summed E-state index contributed by atoms with van der Waals surface area (Å²) in [5.74, 6) is -1.39. The number of ether oxygens (including phenoxy) is 1. The molecule has 0 atom stereocenters. The Bertz CT molecular complexity index is 193. The summed E-state index contributed by atoms with van der Waals surface area (Å²) in [7, 11) is 0. The summed E-state index contributed by atoms with van der Waals surface area (Å²) in [6.07, 6.45) is -3.99. The summed E-state index contributed by atoms with van der Waals surface area (Å²) in [5.41, 5.74) is -1.30. The molecule has 0 amide bonds. The van der Waals surface area contributed by atoms with Gasteiger partial charge in [0.15, 0.2) is 0 Å². The Balaban J connectivity index is 4.49. The van der Waals surface area contributed by atoms with Crippen molar-refractivity contribution in [2.45, 2.75) is 13.1 Å². The van der Waals surface area contributed by atoms with Crippen molar-refractivity contribution in [1.82, 2.24) is 0 Å². The molecule has 12 heavy (non-hydrogen) atoms. The molecule has 0 rings (SSSR count). The molecule has 0 fully saturated rings. The van der Waals surface area contributed by atoms with Gasteiger partial charge in [0.05, 0.1) is 6.61 Å². The van der Waals surface area contributed by atoms with Crippen LogP contribution in [0.4, 0.5) is 13.2 Å². The molecule has 0 aromatic rings. The molecule has 1 radical (unpaired) electrons. The highest BCUT2D eigenvalue weighted by Crippen LogP contribution is 2.26. The van der Waals surface area contributed by atoms with Crippen LogP contribution in [0, 0.1) is 6.92 Å². The first kappa shape index (κ1) is 11.0. The molecule has 0 aromatic carbocycles. The molecule has 0 aromatic heterocycles. The SMILES string of the molecule is [CH2]COC(=O)C(=CC)C(F)(F)F. The molecule has 0 N–H and O–H groups in total. The highest BCUT2D eigenvalue weighted by atomic mass is 19.4. The van der Waals surface area contributed by atoms with E-state index in [1.54, 1.807) is 0 Å². The second-order valence-electron chi connectivity index (χ2n) is 1.84. The van der Waals surface area contributed by atoms with Crippen molar-refractivity contribution >= 4 is 5.97 Å². The summed E-state index contributed by atoms with van der Waals surface area (Å²) in [6, 6.07) is 0. The van der Waals surface area contributed by atoms with E-state index < -0.39 is 17.7 Å². The third-order valence-corrected chi connectivity index (χ3v) is 1.05. The van der Waals surface area contributed by atoms with Gasteiger partial charge in [-0.25, -0.2) is 4.79 Å². The summed E-state index contributed by atoms with van der Waals surface area (Å²) in [5, 5.41) is 0. The highest BCUT2D eigenvalue weighted by molar-refractivity contribution is 5.89. The predicted octanol–water partition coefficient (Wildman–Crippen LogP) is 1.87. The monoisotopic (exact) mass is 181 g/mol. The molecule has 0 aliphatic rings. The number of halogens is 3. The van der Waals surface area contributed by atoms with Gasteiger partial charge in [-0.2, -0.15) is 13.2 Å². The number of esters is 1. The zero-order valence-electron chi connectivity index (χ0n) is 6.44. The zero-order chi connectivity index (χ0) is 9.78. The summed E-state index contributed by atoms with van der Waals surface area (Å²) < 4.78 is 39.8. The zero-order valence-corrected chi connectivity index (χ0v) is 6.44. The molecule has 2 nitrogen and oxygen atoms in total. The van der Waals surface area contributed by atoms with Gasteiger partial charge in [-0.05, 0) is 13.8 Å². The number of hydrogen-bond acceptors (Lipinski definition) is 2. The Kier molecular flexibility index (Phi) is 3.79. The lowest BCUT2D eigenvalue weighted by Crippen LogP contribution is -2.21. The largest absolute Gasteiger partial charge is 0.462 e.